The Morgan fingerprint density at radius 1 is 1.27 bits per heavy atom. The molecule has 0 spiro atoms. The van der Waals surface area contributed by atoms with Crippen LogP contribution in [0.3, 0.4) is 0 Å². The van der Waals surface area contributed by atoms with Crippen LogP contribution in [-0.2, 0) is 21.7 Å². The van der Waals surface area contributed by atoms with Crippen molar-refractivity contribution >= 4 is 34.6 Å². The van der Waals surface area contributed by atoms with Gasteiger partial charge in [-0.3, -0.25) is 9.87 Å². The molecule has 2 N–H and O–H groups in total. The summed E-state index contributed by atoms with van der Waals surface area (Å²) >= 11 is 3.82. The molecule has 1 aliphatic carbocycles. The zero-order valence-electron chi connectivity index (χ0n) is 19.7. The van der Waals surface area contributed by atoms with Gasteiger partial charge in [0.25, 0.3) is 11.3 Å². The largest absolute Gasteiger partial charge is 0.444 e. The number of nitrogens with one attached hydrogen (secondary N) is 1. The summed E-state index contributed by atoms with van der Waals surface area (Å²) in [5.74, 6) is 0.158. The predicted octanol–water partition coefficient (Wildman–Crippen LogP) is 5.85. The maximum atomic E-state index is 13.2. The number of aromatic nitrogens is 1. The quantitative estimate of drug-likeness (QED) is 0.383. The zero-order chi connectivity index (χ0) is 24.4. The summed E-state index contributed by atoms with van der Waals surface area (Å²) in [5.41, 5.74) is -0.840. The van der Waals surface area contributed by atoms with E-state index in [1.165, 1.54) is 4.31 Å². The lowest BCUT2D eigenvalue weighted by atomic mass is 9.76. The van der Waals surface area contributed by atoms with Gasteiger partial charge in [-0.1, -0.05) is 48.2 Å². The van der Waals surface area contributed by atoms with E-state index in [2.05, 4.69) is 10.5 Å². The molecule has 2 aromatic rings. The molecule has 3 rings (SSSR count). The number of anilines is 1. The Balaban J connectivity index is 2.31. The molecule has 0 radical (unpaired) electrons. The van der Waals surface area contributed by atoms with Crippen LogP contribution in [0.2, 0.25) is 5.02 Å². The zero-order valence-corrected chi connectivity index (χ0v) is 21.3. The molecule has 1 heterocycles. The number of alkyl carbamates (subject to hydrolysis) is 1. The summed E-state index contributed by atoms with van der Waals surface area (Å²) in [4.78, 5) is 13.2. The number of benzene rings is 1. The number of hydrogen-bond donors (Lipinski definition) is 2. The fourth-order valence-corrected chi connectivity index (χ4v) is 5.75. The van der Waals surface area contributed by atoms with Crippen molar-refractivity contribution in [2.24, 2.45) is 5.92 Å². The molecular weight excluding hydrogens is 466 g/mol. The van der Waals surface area contributed by atoms with Crippen molar-refractivity contribution in [3.63, 3.8) is 0 Å². The average Bonchev–Trinajstić information content (AvgIpc) is 3.04. The van der Waals surface area contributed by atoms with Crippen LogP contribution in [0.15, 0.2) is 28.8 Å². The van der Waals surface area contributed by atoms with E-state index in [0.717, 1.165) is 32.1 Å². The van der Waals surface area contributed by atoms with Crippen molar-refractivity contribution in [2.75, 3.05) is 4.31 Å². The normalized spacial score (nSPS) is 17.8. The van der Waals surface area contributed by atoms with Gasteiger partial charge in [0.05, 0.1) is 0 Å². The molecule has 1 aromatic heterocycles. The average molecular weight is 498 g/mol. The lowest BCUT2D eigenvalue weighted by Gasteiger charge is -2.49. The summed E-state index contributed by atoms with van der Waals surface area (Å²) in [6.07, 6.45) is 3.68. The summed E-state index contributed by atoms with van der Waals surface area (Å²) in [7, 11) is 0. The van der Waals surface area contributed by atoms with E-state index in [1.54, 1.807) is 58.9 Å². The minimum atomic E-state index is -2.55. The molecule has 10 heteroatoms. The van der Waals surface area contributed by atoms with Crippen molar-refractivity contribution in [3.8, 4) is 0 Å². The van der Waals surface area contributed by atoms with Crippen molar-refractivity contribution in [2.45, 2.75) is 78.0 Å². The van der Waals surface area contributed by atoms with Gasteiger partial charge in [0.2, 0.25) is 0 Å². The second-order valence-corrected chi connectivity index (χ2v) is 10.7. The smallest absolute Gasteiger partial charge is 0.409 e. The molecule has 0 bridgehead atoms. The fraction of sp³-hybridized carbons (Fsp3) is 0.565. The molecule has 33 heavy (non-hydrogen) atoms. The monoisotopic (exact) mass is 497 g/mol. The molecule has 1 fully saturated rings. The Morgan fingerprint density at radius 3 is 2.45 bits per heavy atom. The van der Waals surface area contributed by atoms with Gasteiger partial charge in [-0.2, -0.15) is 0 Å². The molecule has 1 aliphatic rings. The van der Waals surface area contributed by atoms with Crippen LogP contribution in [0.1, 0.15) is 69.9 Å². The topological polar surface area (TPSA) is 105 Å². The molecular formula is C23H32ClN3O5S. The molecule has 1 saturated carbocycles. The first kappa shape index (κ1) is 25.5. The number of hydrogen-bond acceptors (Lipinski definition) is 5. The van der Waals surface area contributed by atoms with Crippen LogP contribution in [0.5, 0.6) is 0 Å². The lowest BCUT2D eigenvalue weighted by molar-refractivity contribution is 0.0384. The Morgan fingerprint density at radius 2 is 1.94 bits per heavy atom. The van der Waals surface area contributed by atoms with Gasteiger partial charge in [0, 0.05) is 16.5 Å². The van der Waals surface area contributed by atoms with Crippen LogP contribution in [0, 0.1) is 19.8 Å². The number of nitrogens with zero attached hydrogens (tertiary/aromatic N) is 2. The predicted molar refractivity (Wildman–Crippen MR) is 128 cm³/mol. The van der Waals surface area contributed by atoms with Crippen LogP contribution in [0.25, 0.3) is 0 Å². The van der Waals surface area contributed by atoms with E-state index in [4.69, 9.17) is 20.9 Å². The summed E-state index contributed by atoms with van der Waals surface area (Å²) in [5, 5.41) is 7.45. The van der Waals surface area contributed by atoms with E-state index in [-0.39, 0.29) is 5.92 Å². The van der Waals surface area contributed by atoms with Crippen molar-refractivity contribution in [1.82, 2.24) is 10.5 Å². The van der Waals surface area contributed by atoms with Gasteiger partial charge in [0.1, 0.15) is 17.0 Å². The van der Waals surface area contributed by atoms with Gasteiger partial charge in [-0.15, -0.1) is 0 Å². The molecule has 1 amide bonds. The van der Waals surface area contributed by atoms with Crippen LogP contribution in [0.4, 0.5) is 10.5 Å². The van der Waals surface area contributed by atoms with E-state index < -0.39 is 28.6 Å². The minimum absolute atomic E-state index is 0.206. The Labute approximate surface area is 202 Å². The first-order valence-corrected chi connectivity index (χ1v) is 12.5. The third-order valence-electron chi connectivity index (χ3n) is 5.83. The number of ether oxygens (including phenoxy) is 1. The third kappa shape index (κ3) is 5.53. The molecule has 182 valence electrons. The maximum Gasteiger partial charge on any atom is 0.409 e. The highest BCUT2D eigenvalue weighted by Crippen LogP contribution is 2.46. The number of halogens is 1. The Bertz CT molecular complexity index is 996. The highest BCUT2D eigenvalue weighted by atomic mass is 35.5. The highest BCUT2D eigenvalue weighted by molar-refractivity contribution is 7.80. The van der Waals surface area contributed by atoms with Gasteiger partial charge in [-0.05, 0) is 59.6 Å². The van der Waals surface area contributed by atoms with Crippen LogP contribution < -0.4 is 9.62 Å². The first-order chi connectivity index (χ1) is 15.5. The van der Waals surface area contributed by atoms with Gasteiger partial charge in [0.15, 0.2) is 11.4 Å². The minimum Gasteiger partial charge on any atom is -0.444 e. The molecule has 0 aliphatic heterocycles. The van der Waals surface area contributed by atoms with E-state index in [1.807, 2.05) is 0 Å². The number of carbonyl (C=O) groups excluding carboxylic acids is 1. The lowest BCUT2D eigenvalue weighted by Crippen LogP contribution is -2.64. The fourth-order valence-electron chi connectivity index (χ4n) is 4.59. The molecule has 0 saturated heterocycles. The molecule has 8 nitrogen and oxygen atoms in total. The van der Waals surface area contributed by atoms with Gasteiger partial charge >= 0.3 is 6.09 Å². The van der Waals surface area contributed by atoms with Gasteiger partial charge < -0.3 is 9.26 Å². The molecule has 2 atom stereocenters. The van der Waals surface area contributed by atoms with E-state index in [9.17, 15) is 13.6 Å². The van der Waals surface area contributed by atoms with Crippen LogP contribution in [-0.4, -0.2) is 25.6 Å². The maximum absolute atomic E-state index is 13.2. The number of amides is 1. The number of aryl methyl sites for hydroxylation is 2. The summed E-state index contributed by atoms with van der Waals surface area (Å²) in [6, 6.07) is 7.00. The number of rotatable bonds is 6. The van der Waals surface area contributed by atoms with Crippen LogP contribution >= 0.6 is 11.6 Å². The second-order valence-electron chi connectivity index (χ2n) is 9.44. The van der Waals surface area contributed by atoms with Crippen molar-refractivity contribution < 1.29 is 22.8 Å². The Hall–Kier alpha value is -2.10. The third-order valence-corrected chi connectivity index (χ3v) is 6.85. The Kier molecular flexibility index (Phi) is 7.76. The van der Waals surface area contributed by atoms with Crippen molar-refractivity contribution in [3.05, 3.63) is 46.3 Å². The van der Waals surface area contributed by atoms with E-state index in [0.29, 0.717) is 27.7 Å². The summed E-state index contributed by atoms with van der Waals surface area (Å²) in [6.45, 7) is 8.68. The SMILES string of the molecule is Cc1noc(C)c1N(S(=O)O)C(NC(=O)OC(C)(C)C)(c1cccc(Cl)c1)C1CCCCC1. The highest BCUT2D eigenvalue weighted by Gasteiger charge is 2.52. The first-order valence-electron chi connectivity index (χ1n) is 11.1. The number of carbonyl (C=O) groups is 1. The standard InChI is InChI=1S/C23H32ClN3O5S/c1-15-20(16(2)32-26-15)27(33(29)30)23(17-10-7-6-8-11-17,18-12-9-13-19(24)14-18)25-21(28)31-22(3,4)5/h9,12-14,17H,6-8,10-11H2,1-5H3,(H,25,28)(H,29,30). The second kappa shape index (κ2) is 10.0. The molecule has 1 aromatic carbocycles. The van der Waals surface area contributed by atoms with Crippen molar-refractivity contribution in [1.29, 1.82) is 0 Å². The van der Waals surface area contributed by atoms with E-state index >= 15 is 0 Å². The molecule has 2 unspecified atom stereocenters. The summed E-state index contributed by atoms with van der Waals surface area (Å²) < 4.78 is 36.0. The van der Waals surface area contributed by atoms with Gasteiger partial charge in [-0.25, -0.2) is 13.3 Å².